The van der Waals surface area contributed by atoms with Crippen molar-refractivity contribution in [3.63, 3.8) is 0 Å². The minimum atomic E-state index is -0.321. The fourth-order valence-electron chi connectivity index (χ4n) is 1.32. The van der Waals surface area contributed by atoms with E-state index in [0.717, 1.165) is 0 Å². The molecule has 84 valence electrons. The van der Waals surface area contributed by atoms with E-state index in [4.69, 9.17) is 22.2 Å². The molecule has 1 aromatic rings. The fraction of sp³-hybridized carbons (Fsp3) is 0.400. The molecule has 0 amide bonds. The SMILES string of the molecule is COCC(Cc1ccc(Cl)cc1F)NN. The lowest BCUT2D eigenvalue weighted by Crippen LogP contribution is -2.40. The van der Waals surface area contributed by atoms with Gasteiger partial charge >= 0.3 is 0 Å². The molecule has 0 fully saturated rings. The molecule has 0 saturated heterocycles. The predicted molar refractivity (Wildman–Crippen MR) is 58.1 cm³/mol. The second kappa shape index (κ2) is 6.02. The molecule has 0 bridgehead atoms. The van der Waals surface area contributed by atoms with Gasteiger partial charge in [0, 0.05) is 18.2 Å². The molecule has 0 spiro atoms. The molecule has 15 heavy (non-hydrogen) atoms. The highest BCUT2D eigenvalue weighted by Gasteiger charge is 2.10. The van der Waals surface area contributed by atoms with Gasteiger partial charge in [-0.05, 0) is 24.1 Å². The van der Waals surface area contributed by atoms with Gasteiger partial charge in [-0.15, -0.1) is 0 Å². The zero-order chi connectivity index (χ0) is 11.3. The highest BCUT2D eigenvalue weighted by atomic mass is 35.5. The normalized spacial score (nSPS) is 12.8. The van der Waals surface area contributed by atoms with E-state index < -0.39 is 0 Å². The number of methoxy groups -OCH3 is 1. The average Bonchev–Trinajstić information content (AvgIpc) is 2.21. The summed E-state index contributed by atoms with van der Waals surface area (Å²) < 4.78 is 18.3. The van der Waals surface area contributed by atoms with Gasteiger partial charge in [-0.2, -0.15) is 0 Å². The van der Waals surface area contributed by atoms with Crippen molar-refractivity contribution in [3.05, 3.63) is 34.6 Å². The van der Waals surface area contributed by atoms with Gasteiger partial charge in [0.1, 0.15) is 5.82 Å². The lowest BCUT2D eigenvalue weighted by atomic mass is 10.1. The van der Waals surface area contributed by atoms with E-state index >= 15 is 0 Å². The van der Waals surface area contributed by atoms with Gasteiger partial charge in [0.05, 0.1) is 6.61 Å². The third-order valence-electron chi connectivity index (χ3n) is 2.08. The Balaban J connectivity index is 2.70. The Bertz CT molecular complexity index is 322. The molecular formula is C10H14ClFN2O. The van der Waals surface area contributed by atoms with Crippen LogP contribution in [-0.2, 0) is 11.2 Å². The van der Waals surface area contributed by atoms with E-state index in [-0.39, 0.29) is 11.9 Å². The first-order chi connectivity index (χ1) is 7.17. The first-order valence-corrected chi connectivity index (χ1v) is 4.94. The Kier molecular flexibility index (Phi) is 4.98. The maximum atomic E-state index is 13.4. The quantitative estimate of drug-likeness (QED) is 0.598. The molecule has 0 aliphatic rings. The monoisotopic (exact) mass is 232 g/mol. The maximum Gasteiger partial charge on any atom is 0.127 e. The molecule has 0 saturated carbocycles. The molecule has 3 N–H and O–H groups in total. The van der Waals surface area contributed by atoms with Gasteiger partial charge in [-0.3, -0.25) is 11.3 Å². The van der Waals surface area contributed by atoms with Crippen LogP contribution in [0, 0.1) is 5.82 Å². The number of ether oxygens (including phenoxy) is 1. The smallest absolute Gasteiger partial charge is 0.127 e. The van der Waals surface area contributed by atoms with E-state index in [2.05, 4.69) is 5.43 Å². The number of halogens is 2. The van der Waals surface area contributed by atoms with E-state index in [9.17, 15) is 4.39 Å². The number of hydrogen-bond donors (Lipinski definition) is 2. The van der Waals surface area contributed by atoms with Crippen LogP contribution in [0.1, 0.15) is 5.56 Å². The first kappa shape index (κ1) is 12.4. The van der Waals surface area contributed by atoms with Crippen LogP contribution in [0.3, 0.4) is 0 Å². The van der Waals surface area contributed by atoms with Crippen molar-refractivity contribution in [1.29, 1.82) is 0 Å². The fourth-order valence-corrected chi connectivity index (χ4v) is 1.48. The van der Waals surface area contributed by atoms with Crippen LogP contribution < -0.4 is 11.3 Å². The number of nitrogens with two attached hydrogens (primary N) is 1. The molecule has 0 aliphatic carbocycles. The minimum Gasteiger partial charge on any atom is -0.383 e. The molecule has 0 heterocycles. The Labute approximate surface area is 93.3 Å². The molecule has 0 aliphatic heterocycles. The topological polar surface area (TPSA) is 47.3 Å². The van der Waals surface area contributed by atoms with Gasteiger partial charge < -0.3 is 4.74 Å². The van der Waals surface area contributed by atoms with Crippen LogP contribution in [0.5, 0.6) is 0 Å². The summed E-state index contributed by atoms with van der Waals surface area (Å²) in [6.07, 6.45) is 0.466. The number of benzene rings is 1. The van der Waals surface area contributed by atoms with E-state index in [0.29, 0.717) is 23.6 Å². The number of nitrogens with one attached hydrogen (secondary N) is 1. The number of hydrogen-bond acceptors (Lipinski definition) is 3. The lowest BCUT2D eigenvalue weighted by molar-refractivity contribution is 0.166. The number of hydrazine groups is 1. The molecule has 5 heteroatoms. The molecule has 0 radical (unpaired) electrons. The molecule has 1 rings (SSSR count). The summed E-state index contributed by atoms with van der Waals surface area (Å²) >= 11 is 5.64. The Morgan fingerprint density at radius 2 is 2.33 bits per heavy atom. The van der Waals surface area contributed by atoms with E-state index in [1.165, 1.54) is 6.07 Å². The lowest BCUT2D eigenvalue weighted by Gasteiger charge is -2.15. The third-order valence-corrected chi connectivity index (χ3v) is 2.32. The van der Waals surface area contributed by atoms with Gasteiger partial charge in [0.15, 0.2) is 0 Å². The molecule has 1 unspecified atom stereocenters. The summed E-state index contributed by atoms with van der Waals surface area (Å²) in [4.78, 5) is 0. The molecule has 3 nitrogen and oxygen atoms in total. The van der Waals surface area contributed by atoms with Crippen LogP contribution in [0.15, 0.2) is 18.2 Å². The van der Waals surface area contributed by atoms with Gasteiger partial charge in [0.2, 0.25) is 0 Å². The summed E-state index contributed by atoms with van der Waals surface area (Å²) in [6.45, 7) is 0.429. The standard InChI is InChI=1S/C10H14ClFN2O/c1-15-6-9(14-13)4-7-2-3-8(11)5-10(7)12/h2-3,5,9,14H,4,6,13H2,1H3. The Hall–Kier alpha value is -0.680. The van der Waals surface area contributed by atoms with E-state index in [1.807, 2.05) is 0 Å². The Morgan fingerprint density at radius 3 is 2.87 bits per heavy atom. The van der Waals surface area contributed by atoms with Crippen molar-refractivity contribution >= 4 is 11.6 Å². The van der Waals surface area contributed by atoms with Crippen molar-refractivity contribution in [3.8, 4) is 0 Å². The van der Waals surface area contributed by atoms with Crippen molar-refractivity contribution in [1.82, 2.24) is 5.43 Å². The van der Waals surface area contributed by atoms with Gasteiger partial charge in [-0.25, -0.2) is 4.39 Å². The highest BCUT2D eigenvalue weighted by Crippen LogP contribution is 2.15. The second-order valence-electron chi connectivity index (χ2n) is 3.26. The zero-order valence-electron chi connectivity index (χ0n) is 8.47. The third kappa shape index (κ3) is 3.76. The Morgan fingerprint density at radius 1 is 1.60 bits per heavy atom. The van der Waals surface area contributed by atoms with E-state index in [1.54, 1.807) is 19.2 Å². The van der Waals surface area contributed by atoms with Crippen LogP contribution >= 0.6 is 11.6 Å². The average molecular weight is 233 g/mol. The summed E-state index contributed by atoms with van der Waals surface area (Å²) in [5.41, 5.74) is 3.14. The highest BCUT2D eigenvalue weighted by molar-refractivity contribution is 6.30. The zero-order valence-corrected chi connectivity index (χ0v) is 9.22. The van der Waals surface area contributed by atoms with Crippen LogP contribution in [0.4, 0.5) is 4.39 Å². The molecule has 1 atom stereocenters. The van der Waals surface area contributed by atoms with Crippen LogP contribution in [-0.4, -0.2) is 19.8 Å². The minimum absolute atomic E-state index is 0.106. The largest absolute Gasteiger partial charge is 0.383 e. The molecule has 0 aromatic heterocycles. The summed E-state index contributed by atoms with van der Waals surface area (Å²) in [6, 6.07) is 4.49. The van der Waals surface area contributed by atoms with Crippen molar-refractivity contribution < 1.29 is 9.13 Å². The van der Waals surface area contributed by atoms with Crippen LogP contribution in [0.2, 0.25) is 5.02 Å². The second-order valence-corrected chi connectivity index (χ2v) is 3.70. The number of rotatable bonds is 5. The van der Waals surface area contributed by atoms with Crippen LogP contribution in [0.25, 0.3) is 0 Å². The first-order valence-electron chi connectivity index (χ1n) is 4.56. The molecular weight excluding hydrogens is 219 g/mol. The summed E-state index contributed by atoms with van der Waals surface area (Å²) in [7, 11) is 1.57. The predicted octanol–water partition coefficient (Wildman–Crippen LogP) is 1.50. The van der Waals surface area contributed by atoms with Gasteiger partial charge in [-0.1, -0.05) is 17.7 Å². The maximum absolute atomic E-state index is 13.4. The summed E-state index contributed by atoms with van der Waals surface area (Å²) in [5.74, 6) is 4.99. The van der Waals surface area contributed by atoms with Crippen molar-refractivity contribution in [2.75, 3.05) is 13.7 Å². The van der Waals surface area contributed by atoms with Gasteiger partial charge in [0.25, 0.3) is 0 Å². The van der Waals surface area contributed by atoms with Crippen molar-refractivity contribution in [2.24, 2.45) is 5.84 Å². The molecule has 1 aromatic carbocycles. The van der Waals surface area contributed by atoms with Crippen molar-refractivity contribution in [2.45, 2.75) is 12.5 Å². The summed E-state index contributed by atoms with van der Waals surface area (Å²) in [5, 5.41) is 0.389.